The fourth-order valence-electron chi connectivity index (χ4n) is 6.29. The van der Waals surface area contributed by atoms with Crippen molar-refractivity contribution in [3.05, 3.63) is 72.8 Å². The van der Waals surface area contributed by atoms with Crippen LogP contribution in [0.4, 0.5) is 0 Å². The second-order valence-corrected chi connectivity index (χ2v) is 17.9. The van der Waals surface area contributed by atoms with Gasteiger partial charge in [0.2, 0.25) is 0 Å². The summed E-state index contributed by atoms with van der Waals surface area (Å²) in [7, 11) is 0.128. The molecule has 0 unspecified atom stereocenters. The molecule has 0 aliphatic carbocycles. The molecule has 0 radical (unpaired) electrons. The van der Waals surface area contributed by atoms with Crippen LogP contribution in [0.5, 0.6) is 0 Å². The Morgan fingerprint density at radius 2 is 0.733 bits per heavy atom. The molecule has 0 saturated carbocycles. The Morgan fingerprint density at radius 3 is 1.02 bits per heavy atom. The zero-order valence-electron chi connectivity index (χ0n) is 29.5. The number of rotatable bonds is 22. The van der Waals surface area contributed by atoms with Crippen LogP contribution >= 0.6 is 15.8 Å². The molecular formula is C42H64HfP2+2. The van der Waals surface area contributed by atoms with E-state index in [2.05, 4.69) is 100 Å². The first kappa shape index (κ1) is 40.6. The molecule has 0 aromatic heterocycles. The van der Waals surface area contributed by atoms with E-state index in [9.17, 15) is 0 Å². The maximum absolute atomic E-state index is 2.47. The second-order valence-electron chi connectivity index (χ2n) is 12.9. The molecule has 4 rings (SSSR count). The molecule has 0 spiro atoms. The van der Waals surface area contributed by atoms with E-state index in [0.29, 0.717) is 0 Å². The van der Waals surface area contributed by atoms with Gasteiger partial charge in [0.05, 0.1) is 0 Å². The topological polar surface area (TPSA) is 0 Å². The average Bonchev–Trinajstić information content (AvgIpc) is 3.68. The molecule has 3 heteroatoms. The molecule has 0 aliphatic heterocycles. The first-order valence-electron chi connectivity index (χ1n) is 18.5. The maximum Gasteiger partial charge on any atom is 4.00 e. The number of hydrogen-bond donors (Lipinski definition) is 0. The van der Waals surface area contributed by atoms with Crippen molar-refractivity contribution >= 4 is 48.0 Å². The zero-order valence-corrected chi connectivity index (χ0v) is 34.8. The van der Waals surface area contributed by atoms with E-state index in [4.69, 9.17) is 0 Å². The fraction of sp³-hybridized carbons (Fsp3) is 0.571. The number of fused-ring (bicyclic) bond motifs is 2. The van der Waals surface area contributed by atoms with Crippen molar-refractivity contribution in [1.29, 1.82) is 0 Å². The van der Waals surface area contributed by atoms with Crippen molar-refractivity contribution in [2.45, 2.75) is 130 Å². The van der Waals surface area contributed by atoms with E-state index in [1.807, 2.05) is 0 Å². The van der Waals surface area contributed by atoms with Gasteiger partial charge in [-0.2, -0.15) is 12.1 Å². The normalized spacial score (nSPS) is 11.3. The summed E-state index contributed by atoms with van der Waals surface area (Å²) >= 11 is 0. The van der Waals surface area contributed by atoms with Crippen LogP contribution in [0.15, 0.2) is 72.8 Å². The van der Waals surface area contributed by atoms with Crippen LogP contribution in [0.3, 0.4) is 0 Å². The van der Waals surface area contributed by atoms with Crippen molar-refractivity contribution in [2.24, 2.45) is 0 Å². The minimum absolute atomic E-state index is 0. The average molecular weight is 809 g/mol. The minimum Gasteiger partial charge on any atom is -0.161 e. The molecule has 0 aliphatic rings. The van der Waals surface area contributed by atoms with Crippen LogP contribution in [-0.2, 0) is 25.8 Å². The van der Waals surface area contributed by atoms with E-state index in [0.717, 1.165) is 0 Å². The van der Waals surface area contributed by atoms with Gasteiger partial charge in [-0.3, -0.25) is 0 Å². The molecule has 4 aromatic rings. The summed E-state index contributed by atoms with van der Waals surface area (Å²) in [5.74, 6) is 0. The summed E-state index contributed by atoms with van der Waals surface area (Å²) in [5.41, 5.74) is 0. The standard InChI is InChI=1S/2C21H32P.Hf/c2*1-3-5-7-11-15-22(16-12-8-6-4-2)21-17-19-13-9-10-14-20(19)18-21;/h2*9-10,13-14,17-18H,3-8,11-12,15-16H2,1-2H3;/q2*-1;+4. The minimum atomic E-state index is 0. The summed E-state index contributed by atoms with van der Waals surface area (Å²) in [5, 5.41) is 9.06. The summed E-state index contributed by atoms with van der Waals surface area (Å²) in [6, 6.07) is 27.6. The summed E-state index contributed by atoms with van der Waals surface area (Å²) < 4.78 is 0. The first-order chi connectivity index (χ1) is 21.7. The van der Waals surface area contributed by atoms with Crippen molar-refractivity contribution < 1.29 is 25.8 Å². The molecule has 0 atom stereocenters. The maximum atomic E-state index is 2.47. The molecule has 0 bridgehead atoms. The molecular weight excluding hydrogens is 745 g/mol. The largest absolute Gasteiger partial charge is 4.00 e. The Balaban J connectivity index is 0.000000307. The molecule has 0 N–H and O–H groups in total. The molecule has 0 nitrogen and oxygen atoms in total. The van der Waals surface area contributed by atoms with E-state index >= 15 is 0 Å². The van der Waals surface area contributed by atoms with Crippen LogP contribution < -0.4 is 10.6 Å². The first-order valence-corrected chi connectivity index (χ1v) is 21.9. The molecule has 0 saturated heterocycles. The molecule has 0 amide bonds. The second kappa shape index (κ2) is 25.4. The van der Waals surface area contributed by atoms with Crippen LogP contribution in [0.1, 0.15) is 130 Å². The van der Waals surface area contributed by atoms with Crippen LogP contribution in [0.2, 0.25) is 0 Å². The van der Waals surface area contributed by atoms with Crippen molar-refractivity contribution in [3.63, 3.8) is 0 Å². The summed E-state index contributed by atoms with van der Waals surface area (Å²) in [6.07, 6.45) is 28.1. The van der Waals surface area contributed by atoms with E-state index in [-0.39, 0.29) is 41.7 Å². The van der Waals surface area contributed by atoms with Gasteiger partial charge in [0.1, 0.15) is 0 Å². The Kier molecular flexibility index (Phi) is 22.9. The third-order valence-electron chi connectivity index (χ3n) is 9.06. The zero-order chi connectivity index (χ0) is 31.2. The monoisotopic (exact) mass is 810 g/mol. The van der Waals surface area contributed by atoms with Crippen LogP contribution in [-0.4, -0.2) is 24.6 Å². The van der Waals surface area contributed by atoms with Crippen molar-refractivity contribution in [1.82, 2.24) is 0 Å². The molecule has 45 heavy (non-hydrogen) atoms. The van der Waals surface area contributed by atoms with E-state index in [1.165, 1.54) is 149 Å². The Hall–Kier alpha value is -0.610. The van der Waals surface area contributed by atoms with Crippen molar-refractivity contribution in [2.75, 3.05) is 24.6 Å². The Morgan fingerprint density at radius 1 is 0.422 bits per heavy atom. The van der Waals surface area contributed by atoms with Gasteiger partial charge < -0.3 is 0 Å². The smallest absolute Gasteiger partial charge is 0.161 e. The summed E-state index contributed by atoms with van der Waals surface area (Å²) in [4.78, 5) is 0. The molecule has 0 heterocycles. The van der Waals surface area contributed by atoms with Gasteiger partial charge in [-0.25, -0.2) is 0 Å². The SMILES string of the molecule is CCCCCCP(CCCCCC)c1cc2ccccc2[cH-]1.CCCCCCP(CCCCCC)c1cc2ccccc2[cH-]1.[Hf+4]. The molecule has 4 aromatic carbocycles. The van der Waals surface area contributed by atoms with E-state index < -0.39 is 0 Å². The van der Waals surface area contributed by atoms with Crippen LogP contribution in [0.25, 0.3) is 21.5 Å². The van der Waals surface area contributed by atoms with Gasteiger partial charge in [-0.1, -0.05) is 133 Å². The predicted octanol–water partition coefficient (Wildman–Crippen LogP) is 13.7. The van der Waals surface area contributed by atoms with Gasteiger partial charge in [0, 0.05) is 0 Å². The van der Waals surface area contributed by atoms with Gasteiger partial charge in [0.15, 0.2) is 0 Å². The quantitative estimate of drug-likeness (QED) is 0.0321. The van der Waals surface area contributed by atoms with Gasteiger partial charge in [0.25, 0.3) is 0 Å². The Bertz CT molecular complexity index is 1070. The fourth-order valence-corrected chi connectivity index (χ4v) is 11.5. The van der Waals surface area contributed by atoms with E-state index in [1.54, 1.807) is 10.6 Å². The summed E-state index contributed by atoms with van der Waals surface area (Å²) in [6.45, 7) is 9.21. The molecule has 244 valence electrons. The molecule has 0 fully saturated rings. The number of benzene rings is 2. The third-order valence-corrected chi connectivity index (χ3v) is 14.5. The number of unbranched alkanes of at least 4 members (excludes halogenated alkanes) is 12. The predicted molar refractivity (Wildman–Crippen MR) is 208 cm³/mol. The Labute approximate surface area is 300 Å². The van der Waals surface area contributed by atoms with Gasteiger partial charge in [-0.15, -0.1) is 80.7 Å². The van der Waals surface area contributed by atoms with Gasteiger partial charge >= 0.3 is 25.8 Å². The third kappa shape index (κ3) is 15.4. The van der Waals surface area contributed by atoms with Crippen LogP contribution in [0, 0.1) is 0 Å². The van der Waals surface area contributed by atoms with Gasteiger partial charge in [-0.05, 0) is 50.3 Å². The number of hydrogen-bond acceptors (Lipinski definition) is 0. The van der Waals surface area contributed by atoms with Crippen molar-refractivity contribution in [3.8, 4) is 0 Å².